The number of aromatic nitrogens is 2. The number of ether oxygens (including phenoxy) is 1. The van der Waals surface area contributed by atoms with E-state index in [2.05, 4.69) is 16.8 Å². The maximum absolute atomic E-state index is 5.12. The topological polar surface area (TPSA) is 35.0 Å². The molecule has 0 saturated carbocycles. The van der Waals surface area contributed by atoms with Crippen LogP contribution in [0.4, 0.5) is 0 Å². The molecule has 0 N–H and O–H groups in total. The van der Waals surface area contributed by atoms with E-state index in [-0.39, 0.29) is 0 Å². The summed E-state index contributed by atoms with van der Waals surface area (Å²) in [6.07, 6.45) is 1.85. The molecule has 0 aliphatic heterocycles. The molecule has 0 aliphatic carbocycles. The summed E-state index contributed by atoms with van der Waals surface area (Å²) >= 11 is 1.62. The molecular formula is C14H14N2OS. The summed E-state index contributed by atoms with van der Waals surface area (Å²) in [5, 5.41) is 9.29. The van der Waals surface area contributed by atoms with Gasteiger partial charge in [0.15, 0.2) is 0 Å². The molecule has 0 atom stereocenters. The number of thioether (sulfide) groups is 1. The maximum Gasteiger partial charge on any atom is 0.119 e. The van der Waals surface area contributed by atoms with Crippen molar-refractivity contribution < 1.29 is 4.74 Å². The molecule has 0 aliphatic rings. The lowest BCUT2D eigenvalue weighted by atomic mass is 10.1. The van der Waals surface area contributed by atoms with Crippen LogP contribution in [0.25, 0.3) is 11.3 Å². The van der Waals surface area contributed by atoms with E-state index >= 15 is 0 Å². The molecule has 0 amide bonds. The second kappa shape index (κ2) is 6.21. The molecule has 0 bridgehead atoms. The fourth-order valence-electron chi connectivity index (χ4n) is 1.46. The van der Waals surface area contributed by atoms with Crippen LogP contribution in [0.1, 0.15) is 0 Å². The van der Waals surface area contributed by atoms with E-state index in [9.17, 15) is 0 Å². The van der Waals surface area contributed by atoms with Crippen LogP contribution >= 0.6 is 11.8 Å². The molecule has 0 unspecified atom stereocenters. The molecule has 0 fully saturated rings. The number of hydrogen-bond acceptors (Lipinski definition) is 4. The minimum atomic E-state index is 0.838. The first-order chi connectivity index (χ1) is 8.83. The Morgan fingerprint density at radius 3 is 2.50 bits per heavy atom. The lowest BCUT2D eigenvalue weighted by Gasteiger charge is -2.03. The predicted octanol–water partition coefficient (Wildman–Crippen LogP) is 3.43. The lowest BCUT2D eigenvalue weighted by molar-refractivity contribution is 0.415. The predicted molar refractivity (Wildman–Crippen MR) is 74.9 cm³/mol. The standard InChI is InChI=1S/C14H14N2OS/c1-3-10-18-14-9-8-13(15-16-14)11-4-6-12(17-2)7-5-11/h3-9H,1,10H2,2H3. The van der Waals surface area contributed by atoms with Gasteiger partial charge in [0.25, 0.3) is 0 Å². The van der Waals surface area contributed by atoms with E-state index in [1.807, 2.05) is 42.5 Å². The number of hydrogen-bond donors (Lipinski definition) is 0. The van der Waals surface area contributed by atoms with Gasteiger partial charge >= 0.3 is 0 Å². The summed E-state index contributed by atoms with van der Waals surface area (Å²) in [5.74, 6) is 1.68. The Balaban J connectivity index is 2.14. The first-order valence-electron chi connectivity index (χ1n) is 5.55. The summed E-state index contributed by atoms with van der Waals surface area (Å²) in [6.45, 7) is 3.68. The van der Waals surface area contributed by atoms with Crippen LogP contribution in [0, 0.1) is 0 Å². The highest BCUT2D eigenvalue weighted by Gasteiger charge is 2.01. The largest absolute Gasteiger partial charge is 0.497 e. The Morgan fingerprint density at radius 2 is 1.94 bits per heavy atom. The molecule has 3 nitrogen and oxygen atoms in total. The van der Waals surface area contributed by atoms with Gasteiger partial charge in [-0.05, 0) is 36.4 Å². The number of rotatable bonds is 5. The van der Waals surface area contributed by atoms with Gasteiger partial charge in [-0.25, -0.2) is 0 Å². The minimum absolute atomic E-state index is 0.838. The Hall–Kier alpha value is -1.81. The van der Waals surface area contributed by atoms with Gasteiger partial charge < -0.3 is 4.74 Å². The second-order valence-electron chi connectivity index (χ2n) is 3.58. The van der Waals surface area contributed by atoms with Crippen molar-refractivity contribution in [2.75, 3.05) is 12.9 Å². The molecule has 1 aromatic carbocycles. The highest BCUT2D eigenvalue weighted by Crippen LogP contribution is 2.21. The van der Waals surface area contributed by atoms with Gasteiger partial charge in [-0.1, -0.05) is 6.08 Å². The number of methoxy groups -OCH3 is 1. The minimum Gasteiger partial charge on any atom is -0.497 e. The quantitative estimate of drug-likeness (QED) is 0.608. The molecule has 0 spiro atoms. The highest BCUT2D eigenvalue weighted by molar-refractivity contribution is 7.99. The van der Waals surface area contributed by atoms with Crippen LogP contribution in [0.5, 0.6) is 5.75 Å². The zero-order valence-electron chi connectivity index (χ0n) is 10.2. The molecule has 2 rings (SSSR count). The number of benzene rings is 1. The molecule has 92 valence electrons. The average Bonchev–Trinajstić information content (AvgIpc) is 2.46. The molecule has 0 radical (unpaired) electrons. The summed E-state index contributed by atoms with van der Waals surface area (Å²) in [6, 6.07) is 11.7. The molecule has 0 saturated heterocycles. The molecular weight excluding hydrogens is 244 g/mol. The van der Waals surface area contributed by atoms with Crippen LogP contribution in [0.15, 0.2) is 54.1 Å². The van der Waals surface area contributed by atoms with Gasteiger partial charge in [0.2, 0.25) is 0 Å². The van der Waals surface area contributed by atoms with Gasteiger partial charge in [0.05, 0.1) is 12.8 Å². The van der Waals surface area contributed by atoms with E-state index in [4.69, 9.17) is 4.74 Å². The molecule has 18 heavy (non-hydrogen) atoms. The summed E-state index contributed by atoms with van der Waals surface area (Å²) in [4.78, 5) is 0. The van der Waals surface area contributed by atoms with Gasteiger partial charge in [0, 0.05) is 11.3 Å². The van der Waals surface area contributed by atoms with Crippen LogP contribution in [-0.2, 0) is 0 Å². The van der Waals surface area contributed by atoms with E-state index in [0.29, 0.717) is 0 Å². The van der Waals surface area contributed by atoms with E-state index in [1.54, 1.807) is 18.9 Å². The van der Waals surface area contributed by atoms with Gasteiger partial charge in [-0.3, -0.25) is 0 Å². The summed E-state index contributed by atoms with van der Waals surface area (Å²) in [5.41, 5.74) is 1.89. The first-order valence-corrected chi connectivity index (χ1v) is 6.54. The van der Waals surface area contributed by atoms with E-state index in [1.165, 1.54) is 0 Å². The molecule has 4 heteroatoms. The van der Waals surface area contributed by atoms with Crippen LogP contribution < -0.4 is 4.74 Å². The fraction of sp³-hybridized carbons (Fsp3) is 0.143. The third kappa shape index (κ3) is 3.11. The zero-order valence-corrected chi connectivity index (χ0v) is 11.0. The normalized spacial score (nSPS) is 10.1. The first kappa shape index (κ1) is 12.6. The third-order valence-electron chi connectivity index (χ3n) is 2.37. The van der Waals surface area contributed by atoms with Gasteiger partial charge in [-0.15, -0.1) is 28.5 Å². The van der Waals surface area contributed by atoms with Crippen molar-refractivity contribution in [1.29, 1.82) is 0 Å². The van der Waals surface area contributed by atoms with Crippen LogP contribution in [0.2, 0.25) is 0 Å². The second-order valence-corrected chi connectivity index (χ2v) is 4.63. The Bertz CT molecular complexity index is 508. The Morgan fingerprint density at radius 1 is 1.17 bits per heavy atom. The summed E-state index contributed by atoms with van der Waals surface area (Å²) in [7, 11) is 1.65. The molecule has 1 aromatic heterocycles. The van der Waals surface area contributed by atoms with Gasteiger partial charge in [-0.2, -0.15) is 0 Å². The summed E-state index contributed by atoms with van der Waals surface area (Å²) < 4.78 is 5.12. The van der Waals surface area contributed by atoms with Crippen molar-refractivity contribution in [3.63, 3.8) is 0 Å². The number of nitrogens with zero attached hydrogens (tertiary/aromatic N) is 2. The van der Waals surface area contributed by atoms with E-state index < -0.39 is 0 Å². The smallest absolute Gasteiger partial charge is 0.119 e. The third-order valence-corrected chi connectivity index (χ3v) is 3.29. The Labute approximate surface area is 111 Å². The molecule has 2 aromatic rings. The Kier molecular flexibility index (Phi) is 4.36. The van der Waals surface area contributed by atoms with Crippen molar-refractivity contribution in [2.24, 2.45) is 0 Å². The van der Waals surface area contributed by atoms with Crippen LogP contribution in [0.3, 0.4) is 0 Å². The monoisotopic (exact) mass is 258 g/mol. The van der Waals surface area contributed by atoms with Crippen LogP contribution in [-0.4, -0.2) is 23.1 Å². The molecule has 1 heterocycles. The van der Waals surface area contributed by atoms with Crippen molar-refractivity contribution in [1.82, 2.24) is 10.2 Å². The SMILES string of the molecule is C=CCSc1ccc(-c2ccc(OC)cc2)nn1. The maximum atomic E-state index is 5.12. The highest BCUT2D eigenvalue weighted by atomic mass is 32.2. The van der Waals surface area contributed by atoms with Gasteiger partial charge in [0.1, 0.15) is 10.8 Å². The zero-order chi connectivity index (χ0) is 12.8. The lowest BCUT2D eigenvalue weighted by Crippen LogP contribution is -1.90. The fourth-order valence-corrected chi connectivity index (χ4v) is 2.01. The van der Waals surface area contributed by atoms with E-state index in [0.717, 1.165) is 27.8 Å². The average molecular weight is 258 g/mol. The van der Waals surface area contributed by atoms with Crippen molar-refractivity contribution in [3.8, 4) is 17.0 Å². The van der Waals surface area contributed by atoms with Crippen molar-refractivity contribution in [2.45, 2.75) is 5.03 Å². The van der Waals surface area contributed by atoms with Crippen molar-refractivity contribution in [3.05, 3.63) is 49.1 Å². The van der Waals surface area contributed by atoms with Crippen molar-refractivity contribution >= 4 is 11.8 Å².